The van der Waals surface area contributed by atoms with Crippen LogP contribution < -0.4 is 5.32 Å². The molecule has 0 saturated heterocycles. The number of amides is 1. The van der Waals surface area contributed by atoms with Crippen LogP contribution in [-0.2, 0) is 11.3 Å². The summed E-state index contributed by atoms with van der Waals surface area (Å²) < 4.78 is 14.2. The van der Waals surface area contributed by atoms with Crippen molar-refractivity contribution in [3.05, 3.63) is 41.7 Å². The fourth-order valence-corrected chi connectivity index (χ4v) is 1.62. The molecule has 5 nitrogen and oxygen atoms in total. The first-order valence-electron chi connectivity index (χ1n) is 5.47. The topological polar surface area (TPSA) is 59.8 Å². The molecule has 0 aromatic carbocycles. The number of pyridine rings is 1. The zero-order chi connectivity index (χ0) is 13.1. The number of carbonyl (C=O) groups is 1. The second kappa shape index (κ2) is 4.95. The molecular weight excluding hydrogens is 235 g/mol. The maximum Gasteiger partial charge on any atom is 0.246 e. The summed E-state index contributed by atoms with van der Waals surface area (Å²) in [6.45, 7) is 3.87. The lowest BCUT2D eigenvalue weighted by atomic mass is 10.4. The minimum absolute atomic E-state index is 0.122. The Kier molecular flexibility index (Phi) is 3.36. The maximum atomic E-state index is 12.6. The Labute approximate surface area is 104 Å². The lowest BCUT2D eigenvalue weighted by Crippen LogP contribution is -2.20. The highest BCUT2D eigenvalue weighted by atomic mass is 19.1. The molecule has 2 rings (SSSR count). The zero-order valence-electron chi connectivity index (χ0n) is 10.1. The molecule has 0 saturated carbocycles. The number of nitrogens with one attached hydrogen (secondary N) is 1. The molecule has 0 unspecified atom stereocenters. The minimum atomic E-state index is -0.577. The van der Waals surface area contributed by atoms with Crippen molar-refractivity contribution in [2.75, 3.05) is 5.32 Å². The number of hydrogen-bond acceptors (Lipinski definition) is 3. The summed E-state index contributed by atoms with van der Waals surface area (Å²) in [6, 6.07) is 4.55. The molecule has 0 bridgehead atoms. The first-order chi connectivity index (χ1) is 8.54. The molecule has 0 spiro atoms. The van der Waals surface area contributed by atoms with E-state index in [1.165, 1.54) is 18.3 Å². The van der Waals surface area contributed by atoms with Gasteiger partial charge in [-0.2, -0.15) is 9.49 Å². The zero-order valence-corrected chi connectivity index (χ0v) is 10.1. The summed E-state index contributed by atoms with van der Waals surface area (Å²) in [5.74, 6) is -0.804. The summed E-state index contributed by atoms with van der Waals surface area (Å²) >= 11 is 0. The van der Waals surface area contributed by atoms with Crippen LogP contribution in [0.1, 0.15) is 11.4 Å². The molecule has 0 fully saturated rings. The van der Waals surface area contributed by atoms with E-state index in [0.717, 1.165) is 11.4 Å². The van der Waals surface area contributed by atoms with Crippen molar-refractivity contribution in [3.8, 4) is 0 Å². The Bertz CT molecular complexity index is 562. The van der Waals surface area contributed by atoms with Gasteiger partial charge in [-0.25, -0.2) is 4.98 Å². The standard InChI is InChI=1S/C12H13FN4O/c1-8-5-9(2)17(16-8)7-12(18)15-10-3-4-11(13)14-6-10/h3-6H,7H2,1-2H3,(H,15,18). The molecule has 1 amide bonds. The van der Waals surface area contributed by atoms with Crippen molar-refractivity contribution in [1.82, 2.24) is 14.8 Å². The van der Waals surface area contributed by atoms with Crippen molar-refractivity contribution in [2.45, 2.75) is 20.4 Å². The predicted molar refractivity (Wildman–Crippen MR) is 64.5 cm³/mol. The number of aromatic nitrogens is 3. The lowest BCUT2D eigenvalue weighted by molar-refractivity contribution is -0.116. The molecule has 0 aliphatic heterocycles. The molecular formula is C12H13FN4O. The van der Waals surface area contributed by atoms with E-state index in [-0.39, 0.29) is 12.5 Å². The number of nitrogens with zero attached hydrogens (tertiary/aromatic N) is 3. The molecule has 2 aromatic rings. The van der Waals surface area contributed by atoms with Crippen LogP contribution in [0, 0.1) is 19.8 Å². The van der Waals surface area contributed by atoms with E-state index < -0.39 is 5.95 Å². The number of halogens is 1. The van der Waals surface area contributed by atoms with Crippen molar-refractivity contribution in [1.29, 1.82) is 0 Å². The predicted octanol–water partition coefficient (Wildman–Crippen LogP) is 1.67. The third kappa shape index (κ3) is 2.91. The maximum absolute atomic E-state index is 12.6. The fourth-order valence-electron chi connectivity index (χ4n) is 1.62. The second-order valence-electron chi connectivity index (χ2n) is 4.00. The van der Waals surface area contributed by atoms with Gasteiger partial charge in [0.15, 0.2) is 0 Å². The van der Waals surface area contributed by atoms with Gasteiger partial charge >= 0.3 is 0 Å². The van der Waals surface area contributed by atoms with Gasteiger partial charge in [0, 0.05) is 5.69 Å². The molecule has 0 aliphatic carbocycles. The Morgan fingerprint density at radius 1 is 1.44 bits per heavy atom. The molecule has 1 N–H and O–H groups in total. The van der Waals surface area contributed by atoms with Crippen LogP contribution in [0.2, 0.25) is 0 Å². The van der Waals surface area contributed by atoms with E-state index in [4.69, 9.17) is 0 Å². The van der Waals surface area contributed by atoms with Crippen molar-refractivity contribution >= 4 is 11.6 Å². The van der Waals surface area contributed by atoms with Gasteiger partial charge in [-0.3, -0.25) is 9.48 Å². The summed E-state index contributed by atoms with van der Waals surface area (Å²) in [5.41, 5.74) is 2.24. The van der Waals surface area contributed by atoms with Gasteiger partial charge in [-0.1, -0.05) is 0 Å². The van der Waals surface area contributed by atoms with E-state index in [9.17, 15) is 9.18 Å². The SMILES string of the molecule is Cc1cc(C)n(CC(=O)Nc2ccc(F)nc2)n1. The largest absolute Gasteiger partial charge is 0.323 e. The van der Waals surface area contributed by atoms with Gasteiger partial charge in [0.2, 0.25) is 11.9 Å². The molecule has 0 aliphatic rings. The fraction of sp³-hybridized carbons (Fsp3) is 0.250. The Morgan fingerprint density at radius 2 is 2.22 bits per heavy atom. The van der Waals surface area contributed by atoms with E-state index in [1.54, 1.807) is 4.68 Å². The number of carbonyl (C=O) groups excluding carboxylic acids is 1. The first-order valence-corrected chi connectivity index (χ1v) is 5.47. The average molecular weight is 248 g/mol. The molecule has 18 heavy (non-hydrogen) atoms. The number of hydrogen-bond donors (Lipinski definition) is 1. The Balaban J connectivity index is 2.01. The molecule has 6 heteroatoms. The first kappa shape index (κ1) is 12.2. The highest BCUT2D eigenvalue weighted by Crippen LogP contribution is 2.06. The molecule has 0 radical (unpaired) electrons. The highest BCUT2D eigenvalue weighted by molar-refractivity contribution is 5.90. The Morgan fingerprint density at radius 3 is 2.78 bits per heavy atom. The number of anilines is 1. The van der Waals surface area contributed by atoms with Gasteiger partial charge in [-0.15, -0.1) is 0 Å². The summed E-state index contributed by atoms with van der Waals surface area (Å²) in [7, 11) is 0. The van der Waals surface area contributed by atoms with Crippen LogP contribution in [0.5, 0.6) is 0 Å². The highest BCUT2D eigenvalue weighted by Gasteiger charge is 2.07. The van der Waals surface area contributed by atoms with Crippen LogP contribution in [0.25, 0.3) is 0 Å². The quantitative estimate of drug-likeness (QED) is 0.840. The third-order valence-corrected chi connectivity index (χ3v) is 2.41. The van der Waals surface area contributed by atoms with Crippen LogP contribution >= 0.6 is 0 Å². The molecule has 2 aromatic heterocycles. The summed E-state index contributed by atoms with van der Waals surface area (Å²) in [6.07, 6.45) is 1.27. The monoisotopic (exact) mass is 248 g/mol. The van der Waals surface area contributed by atoms with E-state index in [0.29, 0.717) is 5.69 Å². The average Bonchev–Trinajstić information content (AvgIpc) is 2.61. The second-order valence-corrected chi connectivity index (χ2v) is 4.00. The van der Waals surface area contributed by atoms with Crippen LogP contribution in [0.15, 0.2) is 24.4 Å². The minimum Gasteiger partial charge on any atom is -0.323 e. The van der Waals surface area contributed by atoms with Crippen molar-refractivity contribution in [3.63, 3.8) is 0 Å². The van der Waals surface area contributed by atoms with Gasteiger partial charge < -0.3 is 5.32 Å². The third-order valence-electron chi connectivity index (χ3n) is 2.41. The lowest BCUT2D eigenvalue weighted by Gasteiger charge is -2.06. The Hall–Kier alpha value is -2.24. The van der Waals surface area contributed by atoms with Crippen LogP contribution in [-0.4, -0.2) is 20.7 Å². The smallest absolute Gasteiger partial charge is 0.246 e. The summed E-state index contributed by atoms with van der Waals surface area (Å²) in [4.78, 5) is 15.2. The molecule has 2 heterocycles. The normalized spacial score (nSPS) is 10.4. The van der Waals surface area contributed by atoms with E-state index in [1.807, 2.05) is 19.9 Å². The number of aryl methyl sites for hydroxylation is 2. The summed E-state index contributed by atoms with van der Waals surface area (Å²) in [5, 5.41) is 6.81. The molecule has 94 valence electrons. The van der Waals surface area contributed by atoms with E-state index >= 15 is 0 Å². The van der Waals surface area contributed by atoms with Gasteiger partial charge in [0.1, 0.15) is 6.54 Å². The van der Waals surface area contributed by atoms with Crippen molar-refractivity contribution in [2.24, 2.45) is 0 Å². The van der Waals surface area contributed by atoms with Gasteiger partial charge in [-0.05, 0) is 32.0 Å². The molecule has 0 atom stereocenters. The van der Waals surface area contributed by atoms with Crippen LogP contribution in [0.4, 0.5) is 10.1 Å². The van der Waals surface area contributed by atoms with Crippen molar-refractivity contribution < 1.29 is 9.18 Å². The van der Waals surface area contributed by atoms with Gasteiger partial charge in [0.25, 0.3) is 0 Å². The van der Waals surface area contributed by atoms with Crippen LogP contribution in [0.3, 0.4) is 0 Å². The van der Waals surface area contributed by atoms with Gasteiger partial charge in [0.05, 0.1) is 17.6 Å². The number of rotatable bonds is 3. The van der Waals surface area contributed by atoms with E-state index in [2.05, 4.69) is 15.4 Å².